The van der Waals surface area contributed by atoms with Crippen molar-refractivity contribution in [2.24, 2.45) is 0 Å². The van der Waals surface area contributed by atoms with Gasteiger partial charge < -0.3 is 9.84 Å². The Balaban J connectivity index is 2.02. The molecule has 0 radical (unpaired) electrons. The minimum Gasteiger partial charge on any atom is -0.389 e. The van der Waals surface area contributed by atoms with Crippen LogP contribution in [-0.4, -0.2) is 28.4 Å². The maximum absolute atomic E-state index is 10.5. The highest BCUT2D eigenvalue weighted by molar-refractivity contribution is 5.13. The van der Waals surface area contributed by atoms with Crippen LogP contribution in [0, 0.1) is 0 Å². The SMILES string of the molecule is CCC1CC(O)(Cc2ccncc2)CCO1. The molecule has 0 aliphatic carbocycles. The van der Waals surface area contributed by atoms with Crippen molar-refractivity contribution in [3.05, 3.63) is 30.1 Å². The molecule has 0 aromatic carbocycles. The monoisotopic (exact) mass is 221 g/mol. The average Bonchev–Trinajstić information content (AvgIpc) is 2.29. The van der Waals surface area contributed by atoms with E-state index in [-0.39, 0.29) is 6.10 Å². The van der Waals surface area contributed by atoms with Crippen molar-refractivity contribution in [3.63, 3.8) is 0 Å². The summed E-state index contributed by atoms with van der Waals surface area (Å²) in [6.07, 6.45) is 6.90. The van der Waals surface area contributed by atoms with Crippen LogP contribution in [0.5, 0.6) is 0 Å². The predicted molar refractivity (Wildman–Crippen MR) is 62.2 cm³/mol. The second-order valence-corrected chi connectivity index (χ2v) is 4.61. The van der Waals surface area contributed by atoms with Gasteiger partial charge in [-0.25, -0.2) is 0 Å². The molecule has 3 heteroatoms. The van der Waals surface area contributed by atoms with Gasteiger partial charge in [0.1, 0.15) is 0 Å². The van der Waals surface area contributed by atoms with E-state index in [0.29, 0.717) is 13.0 Å². The molecular formula is C13H19NO2. The molecule has 16 heavy (non-hydrogen) atoms. The Bertz CT molecular complexity index is 328. The highest BCUT2D eigenvalue weighted by atomic mass is 16.5. The molecule has 2 heterocycles. The fraction of sp³-hybridized carbons (Fsp3) is 0.615. The zero-order valence-electron chi connectivity index (χ0n) is 9.72. The second kappa shape index (κ2) is 4.93. The van der Waals surface area contributed by atoms with Gasteiger partial charge in [0, 0.05) is 31.8 Å². The van der Waals surface area contributed by atoms with Gasteiger partial charge in [-0.15, -0.1) is 0 Å². The Morgan fingerprint density at radius 3 is 2.94 bits per heavy atom. The highest BCUT2D eigenvalue weighted by Gasteiger charge is 2.34. The molecule has 2 atom stereocenters. The van der Waals surface area contributed by atoms with Gasteiger partial charge in [0.05, 0.1) is 11.7 Å². The molecule has 1 aromatic heterocycles. The molecular weight excluding hydrogens is 202 g/mol. The van der Waals surface area contributed by atoms with E-state index in [9.17, 15) is 5.11 Å². The summed E-state index contributed by atoms with van der Waals surface area (Å²) in [4.78, 5) is 3.99. The van der Waals surface area contributed by atoms with E-state index >= 15 is 0 Å². The number of hydrogen-bond donors (Lipinski definition) is 1. The largest absolute Gasteiger partial charge is 0.389 e. The van der Waals surface area contributed by atoms with Gasteiger partial charge in [0.25, 0.3) is 0 Å². The first-order valence-electron chi connectivity index (χ1n) is 5.95. The first kappa shape index (κ1) is 11.6. The van der Waals surface area contributed by atoms with Crippen LogP contribution in [0.15, 0.2) is 24.5 Å². The average molecular weight is 221 g/mol. The second-order valence-electron chi connectivity index (χ2n) is 4.61. The Morgan fingerprint density at radius 1 is 1.50 bits per heavy atom. The Hall–Kier alpha value is -0.930. The molecule has 0 amide bonds. The minimum atomic E-state index is -0.597. The van der Waals surface area contributed by atoms with E-state index in [1.54, 1.807) is 12.4 Å². The molecule has 3 nitrogen and oxygen atoms in total. The van der Waals surface area contributed by atoms with Crippen molar-refractivity contribution >= 4 is 0 Å². The molecule has 1 aliphatic rings. The molecule has 1 aliphatic heterocycles. The van der Waals surface area contributed by atoms with Gasteiger partial charge in [0.2, 0.25) is 0 Å². The Labute approximate surface area is 96.5 Å². The van der Waals surface area contributed by atoms with E-state index in [1.807, 2.05) is 12.1 Å². The fourth-order valence-corrected chi connectivity index (χ4v) is 2.30. The molecule has 88 valence electrons. The number of aliphatic hydroxyl groups is 1. The van der Waals surface area contributed by atoms with E-state index < -0.39 is 5.60 Å². The van der Waals surface area contributed by atoms with Crippen molar-refractivity contribution in [2.45, 2.75) is 44.3 Å². The van der Waals surface area contributed by atoms with Gasteiger partial charge in [-0.05, 0) is 30.5 Å². The lowest BCUT2D eigenvalue weighted by molar-refractivity contribution is -0.103. The van der Waals surface area contributed by atoms with Gasteiger partial charge in [0.15, 0.2) is 0 Å². The smallest absolute Gasteiger partial charge is 0.0734 e. The summed E-state index contributed by atoms with van der Waals surface area (Å²) in [6, 6.07) is 3.93. The van der Waals surface area contributed by atoms with E-state index in [0.717, 1.165) is 24.8 Å². The Morgan fingerprint density at radius 2 is 2.25 bits per heavy atom. The summed E-state index contributed by atoms with van der Waals surface area (Å²) in [5.74, 6) is 0. The normalized spacial score (nSPS) is 30.2. The van der Waals surface area contributed by atoms with Gasteiger partial charge in [-0.3, -0.25) is 4.98 Å². The molecule has 0 saturated carbocycles. The molecule has 0 bridgehead atoms. The highest BCUT2D eigenvalue weighted by Crippen LogP contribution is 2.29. The maximum atomic E-state index is 10.5. The lowest BCUT2D eigenvalue weighted by Gasteiger charge is -2.36. The molecule has 1 fully saturated rings. The van der Waals surface area contributed by atoms with Crippen LogP contribution in [0.25, 0.3) is 0 Å². The van der Waals surface area contributed by atoms with Crippen molar-refractivity contribution in [1.82, 2.24) is 4.98 Å². The van der Waals surface area contributed by atoms with Crippen LogP contribution in [0.1, 0.15) is 31.7 Å². The quantitative estimate of drug-likeness (QED) is 0.848. The third-order valence-electron chi connectivity index (χ3n) is 3.27. The predicted octanol–water partition coefficient (Wildman–Crippen LogP) is 1.94. The number of ether oxygens (including phenoxy) is 1. The summed E-state index contributed by atoms with van der Waals surface area (Å²) in [5, 5.41) is 10.5. The number of rotatable bonds is 3. The zero-order valence-corrected chi connectivity index (χ0v) is 9.72. The van der Waals surface area contributed by atoms with Crippen molar-refractivity contribution < 1.29 is 9.84 Å². The maximum Gasteiger partial charge on any atom is 0.0734 e. The molecule has 0 spiro atoms. The van der Waals surface area contributed by atoms with Crippen LogP contribution in [-0.2, 0) is 11.2 Å². The summed E-state index contributed by atoms with van der Waals surface area (Å²) in [5.41, 5.74) is 0.551. The summed E-state index contributed by atoms with van der Waals surface area (Å²) in [6.45, 7) is 2.77. The standard InChI is InChI=1S/C13H19NO2/c1-2-12-10-13(15,5-8-16-12)9-11-3-6-14-7-4-11/h3-4,6-7,12,15H,2,5,8-10H2,1H3. The van der Waals surface area contributed by atoms with Crippen molar-refractivity contribution in [3.8, 4) is 0 Å². The topological polar surface area (TPSA) is 42.4 Å². The first-order valence-corrected chi connectivity index (χ1v) is 5.95. The molecule has 2 rings (SSSR count). The third kappa shape index (κ3) is 2.80. The van der Waals surface area contributed by atoms with Crippen LogP contribution < -0.4 is 0 Å². The summed E-state index contributed by atoms with van der Waals surface area (Å²) < 4.78 is 5.59. The van der Waals surface area contributed by atoms with Crippen LogP contribution >= 0.6 is 0 Å². The van der Waals surface area contributed by atoms with Crippen molar-refractivity contribution in [1.29, 1.82) is 0 Å². The molecule has 1 aromatic rings. The molecule has 1 N–H and O–H groups in total. The summed E-state index contributed by atoms with van der Waals surface area (Å²) >= 11 is 0. The van der Waals surface area contributed by atoms with Gasteiger partial charge in [-0.2, -0.15) is 0 Å². The van der Waals surface area contributed by atoms with E-state index in [1.165, 1.54) is 0 Å². The number of pyridine rings is 1. The van der Waals surface area contributed by atoms with E-state index in [2.05, 4.69) is 11.9 Å². The number of hydrogen-bond acceptors (Lipinski definition) is 3. The third-order valence-corrected chi connectivity index (χ3v) is 3.27. The molecule has 2 unspecified atom stereocenters. The lowest BCUT2D eigenvalue weighted by Crippen LogP contribution is -2.42. The first-order chi connectivity index (χ1) is 7.72. The van der Waals surface area contributed by atoms with Gasteiger partial charge in [-0.1, -0.05) is 6.92 Å². The van der Waals surface area contributed by atoms with Gasteiger partial charge >= 0.3 is 0 Å². The van der Waals surface area contributed by atoms with Crippen LogP contribution in [0.4, 0.5) is 0 Å². The van der Waals surface area contributed by atoms with Crippen LogP contribution in [0.3, 0.4) is 0 Å². The molecule has 1 saturated heterocycles. The summed E-state index contributed by atoms with van der Waals surface area (Å²) in [7, 11) is 0. The van der Waals surface area contributed by atoms with Crippen LogP contribution in [0.2, 0.25) is 0 Å². The zero-order chi connectivity index (χ0) is 11.4. The minimum absolute atomic E-state index is 0.209. The lowest BCUT2D eigenvalue weighted by atomic mass is 9.84. The van der Waals surface area contributed by atoms with E-state index in [4.69, 9.17) is 4.74 Å². The fourth-order valence-electron chi connectivity index (χ4n) is 2.30. The number of aromatic nitrogens is 1. The number of nitrogens with zero attached hydrogens (tertiary/aromatic N) is 1. The van der Waals surface area contributed by atoms with Crippen molar-refractivity contribution in [2.75, 3.05) is 6.61 Å². The Kier molecular flexibility index (Phi) is 3.56.